The molecule has 2 fully saturated rings. The topological polar surface area (TPSA) is 35.6 Å². The van der Waals surface area contributed by atoms with E-state index in [0.717, 1.165) is 45.6 Å². The first-order chi connectivity index (χ1) is 14.8. The minimum Gasteiger partial charge on any atom is -0.353 e. The second-order valence-corrected chi connectivity index (χ2v) is 8.75. The number of hydrogen-bond acceptors (Lipinski definition) is 3. The van der Waals surface area contributed by atoms with E-state index in [1.165, 1.54) is 30.4 Å². The van der Waals surface area contributed by atoms with Gasteiger partial charge >= 0.3 is 0 Å². The van der Waals surface area contributed by atoms with Crippen molar-refractivity contribution in [3.05, 3.63) is 71.8 Å². The number of amides is 1. The zero-order chi connectivity index (χ0) is 20.6. The minimum absolute atomic E-state index is 0.232. The number of carbonyl (C=O) groups excluding carboxylic acids is 1. The largest absolute Gasteiger partial charge is 0.353 e. The lowest BCUT2D eigenvalue weighted by Gasteiger charge is -2.39. The summed E-state index contributed by atoms with van der Waals surface area (Å²) in [5.74, 6) is 0.232. The molecule has 2 aromatic rings. The highest BCUT2D eigenvalue weighted by Crippen LogP contribution is 2.29. The van der Waals surface area contributed by atoms with E-state index in [2.05, 4.69) is 75.8 Å². The Bertz CT molecular complexity index is 726. The molecule has 160 valence electrons. The van der Waals surface area contributed by atoms with Gasteiger partial charge in [-0.15, -0.1) is 0 Å². The smallest absolute Gasteiger partial charge is 0.221 e. The van der Waals surface area contributed by atoms with Gasteiger partial charge in [0.25, 0.3) is 0 Å². The van der Waals surface area contributed by atoms with E-state index in [9.17, 15) is 4.79 Å². The van der Waals surface area contributed by atoms with E-state index >= 15 is 0 Å². The first-order valence-electron chi connectivity index (χ1n) is 11.7. The van der Waals surface area contributed by atoms with Gasteiger partial charge in [0.05, 0.1) is 6.04 Å². The van der Waals surface area contributed by atoms with Crippen molar-refractivity contribution in [1.82, 2.24) is 15.1 Å². The monoisotopic (exact) mass is 405 g/mol. The van der Waals surface area contributed by atoms with Crippen molar-refractivity contribution >= 4 is 5.91 Å². The predicted molar refractivity (Wildman–Crippen MR) is 122 cm³/mol. The lowest BCUT2D eigenvalue weighted by Crippen LogP contribution is -2.48. The minimum atomic E-state index is 0.232. The summed E-state index contributed by atoms with van der Waals surface area (Å²) < 4.78 is 0. The molecule has 2 aromatic carbocycles. The second kappa shape index (κ2) is 10.7. The molecule has 1 aliphatic heterocycles. The van der Waals surface area contributed by atoms with Crippen LogP contribution in [0.25, 0.3) is 0 Å². The molecule has 1 saturated heterocycles. The van der Waals surface area contributed by atoms with Gasteiger partial charge < -0.3 is 10.2 Å². The summed E-state index contributed by atoms with van der Waals surface area (Å²) in [6.45, 7) is 4.96. The van der Waals surface area contributed by atoms with E-state index < -0.39 is 0 Å². The molecule has 0 unspecified atom stereocenters. The summed E-state index contributed by atoms with van der Waals surface area (Å²) in [5.41, 5.74) is 2.70. The zero-order valence-corrected chi connectivity index (χ0v) is 18.0. The molecule has 1 heterocycles. The van der Waals surface area contributed by atoms with Crippen molar-refractivity contribution in [3.63, 3.8) is 0 Å². The number of nitrogens with one attached hydrogen (secondary N) is 1. The number of hydrogen-bond donors (Lipinski definition) is 1. The molecule has 30 heavy (non-hydrogen) atoms. The molecule has 0 aromatic heterocycles. The van der Waals surface area contributed by atoms with E-state index in [-0.39, 0.29) is 5.91 Å². The van der Waals surface area contributed by atoms with Crippen LogP contribution >= 0.6 is 0 Å². The van der Waals surface area contributed by atoms with Gasteiger partial charge in [-0.3, -0.25) is 9.69 Å². The average molecular weight is 406 g/mol. The molecule has 4 heteroatoms. The first-order valence-corrected chi connectivity index (χ1v) is 11.7. The van der Waals surface area contributed by atoms with E-state index in [4.69, 9.17) is 0 Å². The van der Waals surface area contributed by atoms with E-state index in [0.29, 0.717) is 18.5 Å². The molecule has 1 N–H and O–H groups in total. The Kier molecular flexibility index (Phi) is 7.54. The van der Waals surface area contributed by atoms with Crippen LogP contribution in [0, 0.1) is 0 Å². The molecular formula is C26H35N3O. The molecule has 4 nitrogen and oxygen atoms in total. The van der Waals surface area contributed by atoms with E-state index in [1.807, 2.05) is 0 Å². The van der Waals surface area contributed by atoms with Gasteiger partial charge in [-0.2, -0.15) is 0 Å². The highest BCUT2D eigenvalue weighted by atomic mass is 16.1. The summed E-state index contributed by atoms with van der Waals surface area (Å²) in [7, 11) is 0. The third-order valence-corrected chi connectivity index (χ3v) is 6.63. The molecule has 1 amide bonds. The summed E-state index contributed by atoms with van der Waals surface area (Å²) >= 11 is 0. The molecule has 2 aliphatic rings. The van der Waals surface area contributed by atoms with Crippen LogP contribution in [-0.2, 0) is 4.79 Å². The zero-order valence-electron chi connectivity index (χ0n) is 18.0. The van der Waals surface area contributed by atoms with Crippen molar-refractivity contribution in [2.24, 2.45) is 0 Å². The number of nitrogens with zero attached hydrogens (tertiary/aromatic N) is 2. The molecule has 0 bridgehead atoms. The number of benzene rings is 2. The van der Waals surface area contributed by atoms with Crippen LogP contribution in [0.15, 0.2) is 60.7 Å². The van der Waals surface area contributed by atoms with Crippen molar-refractivity contribution in [1.29, 1.82) is 0 Å². The van der Waals surface area contributed by atoms with Gasteiger partial charge in [-0.05, 0) is 24.0 Å². The Hall–Kier alpha value is -2.17. The Morgan fingerprint density at radius 1 is 0.833 bits per heavy atom. The summed E-state index contributed by atoms with van der Waals surface area (Å²) in [6, 6.07) is 22.4. The number of piperazine rings is 1. The maximum Gasteiger partial charge on any atom is 0.221 e. The number of carbonyl (C=O) groups is 1. The molecular weight excluding hydrogens is 370 g/mol. The highest BCUT2D eigenvalue weighted by molar-refractivity contribution is 5.76. The van der Waals surface area contributed by atoms with Crippen molar-refractivity contribution < 1.29 is 4.79 Å². The normalized spacial score (nSPS) is 19.1. The Morgan fingerprint density at radius 2 is 1.40 bits per heavy atom. The predicted octanol–water partition coefficient (Wildman–Crippen LogP) is 4.23. The van der Waals surface area contributed by atoms with Crippen molar-refractivity contribution in [2.75, 3.05) is 32.7 Å². The summed E-state index contributed by atoms with van der Waals surface area (Å²) in [5, 5.41) is 3.25. The number of rotatable bonds is 7. The highest BCUT2D eigenvalue weighted by Gasteiger charge is 2.26. The SMILES string of the molecule is O=C(CCN1CCN(C(c2ccccc2)c2ccccc2)CC1)NC1CCCCC1. The van der Waals surface area contributed by atoms with Gasteiger partial charge in [0.2, 0.25) is 5.91 Å². The van der Waals surface area contributed by atoms with Gasteiger partial charge in [-0.25, -0.2) is 0 Å². The van der Waals surface area contributed by atoms with Gasteiger partial charge in [0.1, 0.15) is 0 Å². The molecule has 4 rings (SSSR count). The Labute approximate surface area is 181 Å². The van der Waals surface area contributed by atoms with E-state index in [1.54, 1.807) is 0 Å². The molecule has 1 aliphatic carbocycles. The average Bonchev–Trinajstić information content (AvgIpc) is 2.81. The van der Waals surface area contributed by atoms with Crippen LogP contribution in [0.1, 0.15) is 55.7 Å². The van der Waals surface area contributed by atoms with Crippen LogP contribution < -0.4 is 5.32 Å². The molecule has 1 saturated carbocycles. The quantitative estimate of drug-likeness (QED) is 0.749. The van der Waals surface area contributed by atoms with Crippen molar-refractivity contribution in [3.8, 4) is 0 Å². The maximum atomic E-state index is 12.3. The summed E-state index contributed by atoms with van der Waals surface area (Å²) in [6.07, 6.45) is 6.78. The summed E-state index contributed by atoms with van der Waals surface area (Å²) in [4.78, 5) is 17.4. The third-order valence-electron chi connectivity index (χ3n) is 6.63. The molecule has 0 spiro atoms. The maximum absolute atomic E-state index is 12.3. The first kappa shape index (κ1) is 21.1. The Morgan fingerprint density at radius 3 is 1.97 bits per heavy atom. The van der Waals surface area contributed by atoms with Crippen LogP contribution in [0.3, 0.4) is 0 Å². The lowest BCUT2D eigenvalue weighted by molar-refractivity contribution is -0.122. The van der Waals surface area contributed by atoms with Crippen LogP contribution in [0.2, 0.25) is 0 Å². The van der Waals surface area contributed by atoms with Gasteiger partial charge in [-0.1, -0.05) is 79.9 Å². The Balaban J connectivity index is 1.29. The molecule has 0 radical (unpaired) electrons. The fourth-order valence-corrected chi connectivity index (χ4v) is 4.94. The molecule has 0 atom stereocenters. The van der Waals surface area contributed by atoms with Gasteiger partial charge in [0.15, 0.2) is 0 Å². The fourth-order valence-electron chi connectivity index (χ4n) is 4.94. The van der Waals surface area contributed by atoms with Crippen LogP contribution in [0.4, 0.5) is 0 Å². The van der Waals surface area contributed by atoms with Crippen molar-refractivity contribution in [2.45, 2.75) is 50.6 Å². The fraction of sp³-hybridized carbons (Fsp3) is 0.500. The third kappa shape index (κ3) is 5.71. The standard InChI is InChI=1S/C26H35N3O/c30-25(27-24-14-8-3-9-15-24)16-17-28-18-20-29(21-19-28)26(22-10-4-1-5-11-22)23-12-6-2-7-13-23/h1-2,4-7,10-13,24,26H,3,8-9,14-21H2,(H,27,30). The second-order valence-electron chi connectivity index (χ2n) is 8.75. The van der Waals surface area contributed by atoms with Gasteiger partial charge in [0, 0.05) is 45.2 Å². The lowest BCUT2D eigenvalue weighted by atomic mass is 9.95. The van der Waals surface area contributed by atoms with Crippen LogP contribution in [0.5, 0.6) is 0 Å². The van der Waals surface area contributed by atoms with Crippen LogP contribution in [-0.4, -0.2) is 54.5 Å².